The first-order valence-corrected chi connectivity index (χ1v) is 3.45. The molecule has 0 bridgehead atoms. The van der Waals surface area contributed by atoms with Crippen LogP contribution in [0.15, 0.2) is 17.1 Å². The van der Waals surface area contributed by atoms with Gasteiger partial charge in [0.15, 0.2) is 0 Å². The predicted octanol–water partition coefficient (Wildman–Crippen LogP) is -0.676. The van der Waals surface area contributed by atoms with Crippen molar-refractivity contribution in [2.45, 2.75) is 0 Å². The zero-order chi connectivity index (χ0) is 8.97. The molecule has 1 aromatic rings. The SMILES string of the molecule is NC/C=C/c1cnc(=O)[nH]c1N. The van der Waals surface area contributed by atoms with Crippen LogP contribution in [0.5, 0.6) is 0 Å². The molecule has 0 spiro atoms. The summed E-state index contributed by atoms with van der Waals surface area (Å²) >= 11 is 0. The summed E-state index contributed by atoms with van der Waals surface area (Å²) in [5.74, 6) is 0.305. The minimum atomic E-state index is -0.447. The molecule has 0 aliphatic heterocycles. The second kappa shape index (κ2) is 3.68. The molecule has 1 rings (SSSR count). The van der Waals surface area contributed by atoms with Crippen LogP contribution in [0.3, 0.4) is 0 Å². The van der Waals surface area contributed by atoms with Gasteiger partial charge in [0.25, 0.3) is 0 Å². The van der Waals surface area contributed by atoms with Gasteiger partial charge in [-0.25, -0.2) is 9.78 Å². The molecule has 5 nitrogen and oxygen atoms in total. The van der Waals surface area contributed by atoms with Crippen LogP contribution in [0.4, 0.5) is 5.82 Å². The smallest absolute Gasteiger partial charge is 0.346 e. The van der Waals surface area contributed by atoms with Crippen molar-refractivity contribution >= 4 is 11.9 Å². The standard InChI is InChI=1S/C7H10N4O/c8-3-1-2-5-4-10-7(12)11-6(5)9/h1-2,4H,3,8H2,(H3,9,10,11,12)/b2-1+. The summed E-state index contributed by atoms with van der Waals surface area (Å²) in [6, 6.07) is 0. The van der Waals surface area contributed by atoms with E-state index in [1.165, 1.54) is 6.20 Å². The molecule has 1 heterocycles. The maximum absolute atomic E-state index is 10.6. The zero-order valence-corrected chi connectivity index (χ0v) is 6.45. The largest absolute Gasteiger partial charge is 0.385 e. The highest BCUT2D eigenvalue weighted by molar-refractivity contribution is 5.59. The average molecular weight is 166 g/mol. The molecule has 0 aliphatic rings. The molecule has 0 fully saturated rings. The number of rotatable bonds is 2. The fourth-order valence-corrected chi connectivity index (χ4v) is 0.745. The Balaban J connectivity index is 3.01. The van der Waals surface area contributed by atoms with Crippen LogP contribution in [0, 0.1) is 0 Å². The van der Waals surface area contributed by atoms with Gasteiger partial charge in [0, 0.05) is 18.3 Å². The van der Waals surface area contributed by atoms with Crippen LogP contribution >= 0.6 is 0 Å². The van der Waals surface area contributed by atoms with Gasteiger partial charge < -0.3 is 11.5 Å². The Hall–Kier alpha value is -1.62. The second-order valence-electron chi connectivity index (χ2n) is 2.20. The van der Waals surface area contributed by atoms with Crippen molar-refractivity contribution in [1.29, 1.82) is 0 Å². The molecule has 64 valence electrons. The van der Waals surface area contributed by atoms with E-state index < -0.39 is 5.69 Å². The van der Waals surface area contributed by atoms with E-state index in [0.29, 0.717) is 17.9 Å². The van der Waals surface area contributed by atoms with Crippen LogP contribution in [0.2, 0.25) is 0 Å². The van der Waals surface area contributed by atoms with E-state index in [2.05, 4.69) is 9.97 Å². The predicted molar refractivity (Wildman–Crippen MR) is 47.4 cm³/mol. The Morgan fingerprint density at radius 3 is 3.00 bits per heavy atom. The fraction of sp³-hybridized carbons (Fsp3) is 0.143. The van der Waals surface area contributed by atoms with Gasteiger partial charge in [-0.1, -0.05) is 12.2 Å². The second-order valence-corrected chi connectivity index (χ2v) is 2.20. The Kier molecular flexibility index (Phi) is 2.60. The van der Waals surface area contributed by atoms with Gasteiger partial charge in [0.1, 0.15) is 5.82 Å². The van der Waals surface area contributed by atoms with E-state index in [-0.39, 0.29) is 0 Å². The number of anilines is 1. The number of nitrogens with two attached hydrogens (primary N) is 2. The molecule has 0 amide bonds. The first kappa shape index (κ1) is 8.48. The van der Waals surface area contributed by atoms with Gasteiger partial charge in [-0.2, -0.15) is 0 Å². The first-order chi connectivity index (χ1) is 5.74. The molecule has 0 radical (unpaired) electrons. The van der Waals surface area contributed by atoms with Crippen LogP contribution in [-0.2, 0) is 0 Å². The average Bonchev–Trinajstić information content (AvgIpc) is 2.03. The molecule has 12 heavy (non-hydrogen) atoms. The van der Waals surface area contributed by atoms with Crippen molar-refractivity contribution in [2.75, 3.05) is 12.3 Å². The molecule has 5 N–H and O–H groups in total. The van der Waals surface area contributed by atoms with E-state index in [1.54, 1.807) is 12.2 Å². The van der Waals surface area contributed by atoms with Gasteiger partial charge in [-0.15, -0.1) is 0 Å². The molecule has 0 aliphatic carbocycles. The van der Waals surface area contributed by atoms with Crippen molar-refractivity contribution in [3.63, 3.8) is 0 Å². The van der Waals surface area contributed by atoms with Gasteiger partial charge in [0.2, 0.25) is 0 Å². The molecule has 0 aromatic carbocycles. The number of H-pyrrole nitrogens is 1. The lowest BCUT2D eigenvalue weighted by atomic mass is 10.3. The Morgan fingerprint density at radius 1 is 1.67 bits per heavy atom. The summed E-state index contributed by atoms with van der Waals surface area (Å²) in [6.45, 7) is 0.429. The number of aromatic nitrogens is 2. The highest BCUT2D eigenvalue weighted by Crippen LogP contribution is 2.04. The monoisotopic (exact) mass is 166 g/mol. The number of nitrogens with one attached hydrogen (secondary N) is 1. The summed E-state index contributed by atoms with van der Waals surface area (Å²) in [5, 5.41) is 0. The highest BCUT2D eigenvalue weighted by Gasteiger charge is 1.94. The van der Waals surface area contributed by atoms with E-state index in [4.69, 9.17) is 11.5 Å². The van der Waals surface area contributed by atoms with E-state index in [9.17, 15) is 4.79 Å². The van der Waals surface area contributed by atoms with E-state index in [1.807, 2.05) is 0 Å². The zero-order valence-electron chi connectivity index (χ0n) is 6.45. The maximum atomic E-state index is 10.6. The maximum Gasteiger partial charge on any atom is 0.346 e. The van der Waals surface area contributed by atoms with Gasteiger partial charge in [-0.05, 0) is 0 Å². The summed E-state index contributed by atoms with van der Waals surface area (Å²) in [6.07, 6.45) is 4.84. The minimum absolute atomic E-state index is 0.305. The van der Waals surface area contributed by atoms with Gasteiger partial charge >= 0.3 is 5.69 Å². The Labute approximate surface area is 69.1 Å². The van der Waals surface area contributed by atoms with Crippen LogP contribution in [0.25, 0.3) is 6.08 Å². The third-order valence-electron chi connectivity index (χ3n) is 1.31. The number of nitrogens with zero attached hydrogens (tertiary/aromatic N) is 1. The lowest BCUT2D eigenvalue weighted by Crippen LogP contribution is -2.12. The molecule has 0 atom stereocenters. The highest BCUT2D eigenvalue weighted by atomic mass is 16.1. The van der Waals surface area contributed by atoms with E-state index >= 15 is 0 Å². The number of aromatic amines is 1. The summed E-state index contributed by atoms with van der Waals surface area (Å²) < 4.78 is 0. The third-order valence-corrected chi connectivity index (χ3v) is 1.31. The van der Waals surface area contributed by atoms with Crippen LogP contribution in [0.1, 0.15) is 5.56 Å². The Morgan fingerprint density at radius 2 is 2.42 bits per heavy atom. The lowest BCUT2D eigenvalue weighted by molar-refractivity contribution is 1.08. The quantitative estimate of drug-likeness (QED) is 0.542. The topological polar surface area (TPSA) is 97.8 Å². The lowest BCUT2D eigenvalue weighted by Gasteiger charge is -1.96. The third kappa shape index (κ3) is 1.93. The van der Waals surface area contributed by atoms with Crippen molar-refractivity contribution < 1.29 is 0 Å². The Bertz CT molecular complexity index is 342. The summed E-state index contributed by atoms with van der Waals surface area (Å²) in [7, 11) is 0. The summed E-state index contributed by atoms with van der Waals surface area (Å²) in [5.41, 5.74) is 10.9. The molecule has 5 heteroatoms. The number of hydrogen-bond donors (Lipinski definition) is 3. The molecule has 0 saturated heterocycles. The van der Waals surface area contributed by atoms with E-state index in [0.717, 1.165) is 0 Å². The van der Waals surface area contributed by atoms with Crippen molar-refractivity contribution in [3.8, 4) is 0 Å². The van der Waals surface area contributed by atoms with Crippen LogP contribution < -0.4 is 17.2 Å². The van der Waals surface area contributed by atoms with Gasteiger partial charge in [-0.3, -0.25) is 4.98 Å². The fourth-order valence-electron chi connectivity index (χ4n) is 0.745. The molecule has 1 aromatic heterocycles. The molecule has 0 unspecified atom stereocenters. The normalized spacial score (nSPS) is 10.8. The molecule has 0 saturated carbocycles. The van der Waals surface area contributed by atoms with Gasteiger partial charge in [0.05, 0.1) is 0 Å². The first-order valence-electron chi connectivity index (χ1n) is 3.45. The van der Waals surface area contributed by atoms with Crippen molar-refractivity contribution in [2.24, 2.45) is 5.73 Å². The number of nitrogen functional groups attached to an aromatic ring is 1. The number of hydrogen-bond acceptors (Lipinski definition) is 4. The summed E-state index contributed by atoms with van der Waals surface area (Å²) in [4.78, 5) is 16.5. The molecular weight excluding hydrogens is 156 g/mol. The molecular formula is C7H10N4O. The van der Waals surface area contributed by atoms with Crippen molar-refractivity contribution in [3.05, 3.63) is 28.3 Å². The minimum Gasteiger partial charge on any atom is -0.385 e. The van der Waals surface area contributed by atoms with Crippen LogP contribution in [-0.4, -0.2) is 16.5 Å². The van der Waals surface area contributed by atoms with Crippen molar-refractivity contribution in [1.82, 2.24) is 9.97 Å².